The summed E-state index contributed by atoms with van der Waals surface area (Å²) in [7, 11) is 0. The number of hydrogen-bond acceptors (Lipinski definition) is 2. The van der Waals surface area contributed by atoms with Crippen LogP contribution in [0.2, 0.25) is 0 Å². The van der Waals surface area contributed by atoms with Crippen LogP contribution in [0.1, 0.15) is 55.7 Å². The first kappa shape index (κ1) is 20.7. The third-order valence-electron chi connectivity index (χ3n) is 6.78. The number of Topliss-reactive ketones (excluding diaryl/α,β-unsaturated/α-hetero) is 1. The van der Waals surface area contributed by atoms with Crippen LogP contribution < -0.4 is 4.90 Å². The summed E-state index contributed by atoms with van der Waals surface area (Å²) in [6.07, 6.45) is 1.55. The topological polar surface area (TPSA) is 37.4 Å². The van der Waals surface area contributed by atoms with Crippen LogP contribution in [0.5, 0.6) is 0 Å². The number of anilines is 1. The SMILES string of the molecule is Cc1cc(C)cc(N2C(=O)CC(c3ccc4ccccc4c3)C3=C2CC(C)(C)CC3=O)c1. The number of ketones is 1. The van der Waals surface area contributed by atoms with E-state index in [0.717, 1.165) is 45.5 Å². The van der Waals surface area contributed by atoms with Gasteiger partial charge >= 0.3 is 0 Å². The van der Waals surface area contributed by atoms with Gasteiger partial charge in [0.1, 0.15) is 0 Å². The Morgan fingerprint density at radius 2 is 1.53 bits per heavy atom. The predicted molar refractivity (Wildman–Crippen MR) is 130 cm³/mol. The highest BCUT2D eigenvalue weighted by Crippen LogP contribution is 2.48. The summed E-state index contributed by atoms with van der Waals surface area (Å²) < 4.78 is 0. The standard InChI is InChI=1S/C29H29NO2/c1-18-11-19(2)13-23(12-18)30-25-16-29(3,4)17-26(31)28(25)24(15-27(30)32)22-10-9-20-7-5-6-8-21(20)14-22/h5-14,24H,15-17H2,1-4H3. The fraction of sp³-hybridized carbons (Fsp3) is 0.310. The highest BCUT2D eigenvalue weighted by molar-refractivity contribution is 6.08. The summed E-state index contributed by atoms with van der Waals surface area (Å²) in [5, 5.41) is 2.31. The molecular weight excluding hydrogens is 394 g/mol. The van der Waals surface area contributed by atoms with Gasteiger partial charge in [0.15, 0.2) is 5.78 Å². The van der Waals surface area contributed by atoms with E-state index in [0.29, 0.717) is 12.8 Å². The normalized spacial score (nSPS) is 20.6. The second-order valence-electron chi connectivity index (χ2n) is 10.2. The molecule has 32 heavy (non-hydrogen) atoms. The summed E-state index contributed by atoms with van der Waals surface area (Å²) in [4.78, 5) is 29.0. The molecular formula is C29H29NO2. The Balaban J connectivity index is 1.70. The number of benzene rings is 3. The van der Waals surface area contributed by atoms with Gasteiger partial charge in [-0.05, 0) is 65.3 Å². The first-order chi connectivity index (χ1) is 15.2. The van der Waals surface area contributed by atoms with Gasteiger partial charge in [-0.3, -0.25) is 14.5 Å². The Kier molecular flexibility index (Phi) is 4.81. The van der Waals surface area contributed by atoms with E-state index >= 15 is 0 Å². The van der Waals surface area contributed by atoms with Gasteiger partial charge < -0.3 is 0 Å². The van der Waals surface area contributed by atoms with Crippen LogP contribution in [-0.2, 0) is 9.59 Å². The Bertz CT molecular complexity index is 1280. The molecule has 1 unspecified atom stereocenters. The van der Waals surface area contributed by atoms with E-state index in [1.54, 1.807) is 0 Å². The van der Waals surface area contributed by atoms with E-state index < -0.39 is 0 Å². The van der Waals surface area contributed by atoms with Crippen molar-refractivity contribution >= 4 is 28.2 Å². The molecule has 0 saturated heterocycles. The van der Waals surface area contributed by atoms with Crippen molar-refractivity contribution in [3.8, 4) is 0 Å². The van der Waals surface area contributed by atoms with Crippen molar-refractivity contribution in [1.29, 1.82) is 0 Å². The van der Waals surface area contributed by atoms with Crippen LogP contribution in [0.3, 0.4) is 0 Å². The monoisotopic (exact) mass is 423 g/mol. The minimum atomic E-state index is -0.187. The van der Waals surface area contributed by atoms with Crippen LogP contribution >= 0.6 is 0 Å². The molecule has 162 valence electrons. The van der Waals surface area contributed by atoms with Crippen molar-refractivity contribution < 1.29 is 9.59 Å². The lowest BCUT2D eigenvalue weighted by molar-refractivity contribution is -0.121. The van der Waals surface area contributed by atoms with Gasteiger partial charge in [0.25, 0.3) is 0 Å². The molecule has 0 bridgehead atoms. The van der Waals surface area contributed by atoms with Crippen LogP contribution in [0.4, 0.5) is 5.69 Å². The lowest BCUT2D eigenvalue weighted by Crippen LogP contribution is -2.43. The molecule has 0 spiro atoms. The molecule has 0 saturated carbocycles. The first-order valence-electron chi connectivity index (χ1n) is 11.4. The Morgan fingerprint density at radius 1 is 0.844 bits per heavy atom. The van der Waals surface area contributed by atoms with E-state index in [9.17, 15) is 9.59 Å². The quantitative estimate of drug-likeness (QED) is 0.464. The van der Waals surface area contributed by atoms with E-state index in [-0.39, 0.29) is 23.0 Å². The predicted octanol–water partition coefficient (Wildman–Crippen LogP) is 6.62. The van der Waals surface area contributed by atoms with Crippen molar-refractivity contribution in [2.75, 3.05) is 4.90 Å². The van der Waals surface area contributed by atoms with Crippen molar-refractivity contribution in [3.63, 3.8) is 0 Å². The molecule has 1 aliphatic heterocycles. The number of aryl methyl sites for hydroxylation is 2. The van der Waals surface area contributed by atoms with Gasteiger partial charge in [0.2, 0.25) is 5.91 Å². The second kappa shape index (κ2) is 7.44. The van der Waals surface area contributed by atoms with E-state index in [4.69, 9.17) is 0 Å². The van der Waals surface area contributed by atoms with Crippen LogP contribution in [0.15, 0.2) is 71.9 Å². The molecule has 0 radical (unpaired) electrons. The Hall–Kier alpha value is -3.20. The van der Waals surface area contributed by atoms with Gasteiger partial charge in [0, 0.05) is 35.7 Å². The molecule has 3 aromatic rings. The molecule has 0 N–H and O–H groups in total. The highest BCUT2D eigenvalue weighted by Gasteiger charge is 2.44. The fourth-order valence-electron chi connectivity index (χ4n) is 5.50. The van der Waals surface area contributed by atoms with Gasteiger partial charge in [-0.1, -0.05) is 62.4 Å². The van der Waals surface area contributed by atoms with Gasteiger partial charge in [-0.15, -0.1) is 0 Å². The fourth-order valence-corrected chi connectivity index (χ4v) is 5.50. The van der Waals surface area contributed by atoms with Crippen LogP contribution in [-0.4, -0.2) is 11.7 Å². The summed E-state index contributed by atoms with van der Waals surface area (Å²) in [6, 6.07) is 20.8. The summed E-state index contributed by atoms with van der Waals surface area (Å²) in [5.74, 6) is 0.0570. The number of nitrogens with zero attached hydrogens (tertiary/aromatic N) is 1. The van der Waals surface area contributed by atoms with Crippen molar-refractivity contribution in [2.45, 2.75) is 52.9 Å². The highest BCUT2D eigenvalue weighted by atomic mass is 16.2. The number of allylic oxidation sites excluding steroid dienone is 2. The van der Waals surface area contributed by atoms with Crippen molar-refractivity contribution in [3.05, 3.63) is 88.6 Å². The summed E-state index contributed by atoms with van der Waals surface area (Å²) >= 11 is 0. The molecule has 3 heteroatoms. The molecule has 3 nitrogen and oxygen atoms in total. The van der Waals surface area contributed by atoms with E-state index in [1.807, 2.05) is 30.9 Å². The molecule has 5 rings (SSSR count). The number of hydrogen-bond donors (Lipinski definition) is 0. The maximum Gasteiger partial charge on any atom is 0.232 e. The maximum atomic E-state index is 13.6. The first-order valence-corrected chi connectivity index (χ1v) is 11.4. The summed E-state index contributed by atoms with van der Waals surface area (Å²) in [5.41, 5.74) is 5.73. The zero-order valence-corrected chi connectivity index (χ0v) is 19.2. The molecule has 2 aliphatic rings. The number of carbonyl (C=O) groups excluding carboxylic acids is 2. The molecule has 1 atom stereocenters. The zero-order valence-electron chi connectivity index (χ0n) is 19.2. The van der Waals surface area contributed by atoms with Gasteiger partial charge in [0.05, 0.1) is 0 Å². The molecule has 0 fully saturated rings. The second-order valence-corrected chi connectivity index (χ2v) is 10.2. The maximum absolute atomic E-state index is 13.6. The van der Waals surface area contributed by atoms with Crippen LogP contribution in [0.25, 0.3) is 10.8 Å². The number of rotatable bonds is 2. The van der Waals surface area contributed by atoms with Crippen molar-refractivity contribution in [1.82, 2.24) is 0 Å². The third-order valence-corrected chi connectivity index (χ3v) is 6.78. The lowest BCUT2D eigenvalue weighted by Gasteiger charge is -2.43. The summed E-state index contributed by atoms with van der Waals surface area (Å²) in [6.45, 7) is 8.35. The lowest BCUT2D eigenvalue weighted by atomic mass is 9.69. The van der Waals surface area contributed by atoms with Crippen molar-refractivity contribution in [2.24, 2.45) is 5.41 Å². The van der Waals surface area contributed by atoms with E-state index in [1.165, 1.54) is 5.39 Å². The Morgan fingerprint density at radius 3 is 2.25 bits per heavy atom. The largest absolute Gasteiger partial charge is 0.294 e. The number of carbonyl (C=O) groups is 2. The van der Waals surface area contributed by atoms with Gasteiger partial charge in [-0.2, -0.15) is 0 Å². The molecule has 0 aromatic heterocycles. The minimum Gasteiger partial charge on any atom is -0.294 e. The molecule has 1 amide bonds. The number of amides is 1. The Labute approximate surface area is 189 Å². The average molecular weight is 424 g/mol. The minimum absolute atomic E-state index is 0.0670. The van der Waals surface area contributed by atoms with Crippen LogP contribution in [0, 0.1) is 19.3 Å². The zero-order chi connectivity index (χ0) is 22.6. The molecule has 1 aliphatic carbocycles. The smallest absolute Gasteiger partial charge is 0.232 e. The average Bonchev–Trinajstić information content (AvgIpc) is 2.71. The molecule has 1 heterocycles. The van der Waals surface area contributed by atoms with E-state index in [2.05, 4.69) is 62.4 Å². The number of fused-ring (bicyclic) bond motifs is 1. The molecule has 3 aromatic carbocycles. The van der Waals surface area contributed by atoms with Gasteiger partial charge in [-0.25, -0.2) is 0 Å². The third kappa shape index (κ3) is 3.56.